The number of nitrogens with one attached hydrogen (secondary N) is 1. The third-order valence-electron chi connectivity index (χ3n) is 6.25. The van der Waals surface area contributed by atoms with Crippen molar-refractivity contribution < 1.29 is 22.3 Å². The number of hydrogen-bond acceptors (Lipinski definition) is 6. The molecule has 0 aliphatic heterocycles. The van der Waals surface area contributed by atoms with Crippen LogP contribution in [0.4, 0.5) is 4.39 Å². The molecule has 35 heavy (non-hydrogen) atoms. The number of fused-ring (bicyclic) bond motifs is 1. The largest absolute Gasteiger partial charge is 0.377 e. The summed E-state index contributed by atoms with van der Waals surface area (Å²) in [5, 5.41) is 3.84. The van der Waals surface area contributed by atoms with Crippen molar-refractivity contribution in [3.8, 4) is 11.1 Å². The number of aryl methyl sites for hydroxylation is 1. The fraction of sp³-hybridized carbons (Fsp3) is 0.400. The Morgan fingerprint density at radius 3 is 2.69 bits per heavy atom. The van der Waals surface area contributed by atoms with E-state index in [0.29, 0.717) is 36.1 Å². The normalized spacial score (nSPS) is 13.6. The van der Waals surface area contributed by atoms with Gasteiger partial charge in [0.25, 0.3) is 10.0 Å². The van der Waals surface area contributed by atoms with Crippen molar-refractivity contribution in [3.05, 3.63) is 64.9 Å². The number of ether oxygens (including phenoxy) is 1. The summed E-state index contributed by atoms with van der Waals surface area (Å²) in [5.74, 6) is -1.01. The number of carbonyl (C=O) groups excluding carboxylic acids is 1. The second-order valence-corrected chi connectivity index (χ2v) is 11.0. The second-order valence-electron chi connectivity index (χ2n) is 9.40. The quantitative estimate of drug-likeness (QED) is 0.509. The van der Waals surface area contributed by atoms with E-state index in [1.54, 1.807) is 19.4 Å². The molecule has 0 saturated heterocycles. The summed E-state index contributed by atoms with van der Waals surface area (Å²) >= 11 is 0. The van der Waals surface area contributed by atoms with Gasteiger partial charge in [0.15, 0.2) is 5.03 Å². The first kappa shape index (κ1) is 25.0. The van der Waals surface area contributed by atoms with Gasteiger partial charge in [-0.25, -0.2) is 9.11 Å². The maximum atomic E-state index is 14.9. The highest BCUT2D eigenvalue weighted by atomic mass is 32.2. The van der Waals surface area contributed by atoms with Crippen LogP contribution in [0.5, 0.6) is 0 Å². The number of aromatic nitrogens is 3. The van der Waals surface area contributed by atoms with Crippen molar-refractivity contribution in [1.29, 1.82) is 0 Å². The van der Waals surface area contributed by atoms with Crippen LogP contribution in [0.25, 0.3) is 11.1 Å². The van der Waals surface area contributed by atoms with E-state index < -0.39 is 21.5 Å². The Hall–Kier alpha value is -3.11. The lowest BCUT2D eigenvalue weighted by atomic mass is 9.90. The number of carbonyl (C=O) groups is 1. The molecular formula is C25H29FN4O4S. The van der Waals surface area contributed by atoms with Crippen LogP contribution in [0.3, 0.4) is 0 Å². The number of halogens is 1. The maximum Gasteiger partial charge on any atom is 0.283 e. The molecule has 2 aromatic heterocycles. The van der Waals surface area contributed by atoms with Crippen molar-refractivity contribution >= 4 is 15.9 Å². The number of amides is 1. The monoisotopic (exact) mass is 500 g/mol. The zero-order valence-electron chi connectivity index (χ0n) is 20.3. The molecule has 0 bridgehead atoms. The van der Waals surface area contributed by atoms with E-state index >= 15 is 0 Å². The van der Waals surface area contributed by atoms with E-state index in [4.69, 9.17) is 4.74 Å². The topological polar surface area (TPSA) is 103 Å². The van der Waals surface area contributed by atoms with E-state index in [2.05, 4.69) is 14.8 Å². The molecule has 1 aromatic carbocycles. The molecule has 0 radical (unpaired) electrons. The molecule has 3 aromatic rings. The fourth-order valence-corrected chi connectivity index (χ4v) is 5.33. The van der Waals surface area contributed by atoms with Crippen molar-refractivity contribution in [2.45, 2.75) is 63.6 Å². The highest BCUT2D eigenvalue weighted by Gasteiger charge is 2.27. The number of nitrogens with zero attached hydrogens (tertiary/aromatic N) is 3. The molecule has 1 aliphatic carbocycles. The zero-order chi connectivity index (χ0) is 25.4. The first-order chi connectivity index (χ1) is 16.5. The van der Waals surface area contributed by atoms with Crippen LogP contribution >= 0.6 is 0 Å². The molecule has 0 atom stereocenters. The number of rotatable bonds is 8. The van der Waals surface area contributed by atoms with Crippen LogP contribution in [-0.4, -0.2) is 41.8 Å². The van der Waals surface area contributed by atoms with E-state index in [-0.39, 0.29) is 17.3 Å². The van der Waals surface area contributed by atoms with Gasteiger partial charge in [0, 0.05) is 25.2 Å². The number of methoxy groups -OCH3 is 1. The highest BCUT2D eigenvalue weighted by molar-refractivity contribution is 7.90. The van der Waals surface area contributed by atoms with Gasteiger partial charge in [0.05, 0.1) is 18.6 Å². The lowest BCUT2D eigenvalue weighted by molar-refractivity contribution is -0.118. The molecule has 10 heteroatoms. The summed E-state index contributed by atoms with van der Waals surface area (Å²) in [7, 11) is -2.62. The first-order valence-electron chi connectivity index (χ1n) is 11.4. The van der Waals surface area contributed by atoms with Crippen LogP contribution < -0.4 is 4.72 Å². The zero-order valence-corrected chi connectivity index (χ0v) is 21.1. The summed E-state index contributed by atoms with van der Waals surface area (Å²) in [6, 6.07) is 6.36. The maximum absolute atomic E-state index is 14.9. The summed E-state index contributed by atoms with van der Waals surface area (Å²) < 4.78 is 49.5. The minimum absolute atomic E-state index is 0.198. The molecule has 186 valence electrons. The van der Waals surface area contributed by atoms with Crippen LogP contribution in [0.1, 0.15) is 42.7 Å². The van der Waals surface area contributed by atoms with Gasteiger partial charge in [-0.1, -0.05) is 0 Å². The average Bonchev–Trinajstić information content (AvgIpc) is 3.45. The summed E-state index contributed by atoms with van der Waals surface area (Å²) in [6.07, 6.45) is 4.98. The summed E-state index contributed by atoms with van der Waals surface area (Å²) in [6.45, 7) is 5.88. The third-order valence-corrected chi connectivity index (χ3v) is 7.51. The lowest BCUT2D eigenvalue weighted by Gasteiger charge is -2.22. The average molecular weight is 501 g/mol. The van der Waals surface area contributed by atoms with Crippen LogP contribution in [0.15, 0.2) is 41.7 Å². The molecule has 0 fully saturated rings. The van der Waals surface area contributed by atoms with E-state index in [1.807, 2.05) is 26.8 Å². The van der Waals surface area contributed by atoms with Gasteiger partial charge in [-0.05, 0) is 92.1 Å². The minimum Gasteiger partial charge on any atom is -0.377 e. The van der Waals surface area contributed by atoms with Gasteiger partial charge in [0.1, 0.15) is 5.82 Å². The van der Waals surface area contributed by atoms with Crippen molar-refractivity contribution in [2.75, 3.05) is 7.11 Å². The summed E-state index contributed by atoms with van der Waals surface area (Å²) in [4.78, 5) is 17.2. The third kappa shape index (κ3) is 5.43. The lowest BCUT2D eigenvalue weighted by Crippen LogP contribution is -2.33. The Bertz CT molecular complexity index is 1380. The fourth-order valence-electron chi connectivity index (χ4n) is 4.40. The van der Waals surface area contributed by atoms with Crippen molar-refractivity contribution in [3.63, 3.8) is 0 Å². The molecule has 1 aliphatic rings. The Morgan fingerprint density at radius 2 is 1.97 bits per heavy atom. The van der Waals surface area contributed by atoms with Gasteiger partial charge < -0.3 is 4.74 Å². The Morgan fingerprint density at radius 1 is 1.23 bits per heavy atom. The van der Waals surface area contributed by atoms with E-state index in [0.717, 1.165) is 23.2 Å². The predicted molar refractivity (Wildman–Crippen MR) is 129 cm³/mol. The molecule has 0 spiro atoms. The standard InChI is InChI=1S/C25H29FN4O4S/c1-16-12-17(8-10-27-16)20-13-22(26)19-7-5-6-18(19)21(20)14-23(31)29-35(32,33)24-9-11-30(28-24)15-25(2,3)34-4/h8-13H,5-7,14-15H2,1-4H3,(H,29,31). The van der Waals surface area contributed by atoms with E-state index in [9.17, 15) is 17.6 Å². The minimum atomic E-state index is -4.18. The summed E-state index contributed by atoms with van der Waals surface area (Å²) in [5.41, 5.74) is 3.56. The van der Waals surface area contributed by atoms with Gasteiger partial charge in [-0.3, -0.25) is 14.5 Å². The van der Waals surface area contributed by atoms with Gasteiger partial charge in [-0.15, -0.1) is 0 Å². The molecule has 8 nitrogen and oxygen atoms in total. The number of benzene rings is 1. The van der Waals surface area contributed by atoms with Crippen LogP contribution in [0, 0.1) is 12.7 Å². The molecule has 2 heterocycles. The van der Waals surface area contributed by atoms with Crippen molar-refractivity contribution in [1.82, 2.24) is 19.5 Å². The van der Waals surface area contributed by atoms with Gasteiger partial charge in [-0.2, -0.15) is 13.5 Å². The SMILES string of the molecule is COC(C)(C)Cn1ccc(S(=O)(=O)NC(=O)Cc2c(-c3ccnc(C)c3)cc(F)c3c2CCC3)n1. The smallest absolute Gasteiger partial charge is 0.283 e. The van der Waals surface area contributed by atoms with Crippen molar-refractivity contribution in [2.24, 2.45) is 0 Å². The second kappa shape index (κ2) is 9.50. The van der Waals surface area contributed by atoms with Crippen LogP contribution in [0.2, 0.25) is 0 Å². The van der Waals surface area contributed by atoms with Crippen LogP contribution in [-0.2, 0) is 45.4 Å². The predicted octanol–water partition coefficient (Wildman–Crippen LogP) is 3.35. The first-order valence-corrected chi connectivity index (χ1v) is 12.9. The van der Waals surface area contributed by atoms with E-state index in [1.165, 1.54) is 23.0 Å². The Balaban J connectivity index is 1.61. The number of pyridine rings is 1. The Labute approximate surface area is 204 Å². The molecule has 4 rings (SSSR count). The molecule has 0 saturated carbocycles. The molecule has 0 unspecified atom stereocenters. The highest BCUT2D eigenvalue weighted by Crippen LogP contribution is 2.36. The number of sulfonamides is 1. The number of hydrogen-bond donors (Lipinski definition) is 1. The molecular weight excluding hydrogens is 471 g/mol. The Kier molecular flexibility index (Phi) is 6.79. The van der Waals surface area contributed by atoms with Gasteiger partial charge in [0.2, 0.25) is 5.91 Å². The van der Waals surface area contributed by atoms with Gasteiger partial charge >= 0.3 is 0 Å². The molecule has 1 N–H and O–H groups in total. The molecule has 1 amide bonds.